The van der Waals surface area contributed by atoms with E-state index < -0.39 is 0 Å². The topological polar surface area (TPSA) is 55.6 Å². The van der Waals surface area contributed by atoms with Gasteiger partial charge in [0.25, 0.3) is 5.91 Å². The number of methoxy groups -OCH3 is 1. The maximum atomic E-state index is 12.7. The molecule has 0 radical (unpaired) electrons. The zero-order valence-electron chi connectivity index (χ0n) is 12.0. The van der Waals surface area contributed by atoms with Crippen molar-refractivity contribution in [3.8, 4) is 0 Å². The van der Waals surface area contributed by atoms with Crippen LogP contribution in [-0.2, 0) is 4.74 Å². The lowest BCUT2D eigenvalue weighted by atomic mass is 9.99. The number of piperidine rings is 1. The second-order valence-corrected chi connectivity index (χ2v) is 5.85. The van der Waals surface area contributed by atoms with Crippen LogP contribution >= 0.6 is 0 Å². The Bertz CT molecular complexity index is 503. The maximum absolute atomic E-state index is 12.7. The number of benzene rings is 1. The Morgan fingerprint density at radius 2 is 1.95 bits per heavy atom. The molecule has 1 aliphatic heterocycles. The number of rotatable bonds is 3. The molecule has 4 nitrogen and oxygen atoms in total. The number of amides is 1. The Kier molecular flexibility index (Phi) is 3.66. The molecule has 0 unspecified atom stereocenters. The summed E-state index contributed by atoms with van der Waals surface area (Å²) in [5.74, 6) is 0.690. The average molecular weight is 274 g/mol. The quantitative estimate of drug-likeness (QED) is 0.861. The van der Waals surface area contributed by atoms with Crippen LogP contribution in [-0.4, -0.2) is 37.1 Å². The summed E-state index contributed by atoms with van der Waals surface area (Å²) in [5.41, 5.74) is 8.61. The molecule has 1 heterocycles. The number of ether oxygens (including phenoxy) is 1. The fourth-order valence-corrected chi connectivity index (χ4v) is 2.97. The van der Waals surface area contributed by atoms with Crippen molar-refractivity contribution in [2.75, 3.05) is 25.9 Å². The third-order valence-corrected chi connectivity index (χ3v) is 4.39. The molecule has 0 atom stereocenters. The summed E-state index contributed by atoms with van der Waals surface area (Å²) in [7, 11) is 1.74. The van der Waals surface area contributed by atoms with Gasteiger partial charge in [-0.15, -0.1) is 0 Å². The van der Waals surface area contributed by atoms with Gasteiger partial charge in [-0.2, -0.15) is 0 Å². The molecule has 1 aliphatic carbocycles. The summed E-state index contributed by atoms with van der Waals surface area (Å²) in [6.45, 7) is 1.57. The minimum Gasteiger partial charge on any atom is -0.399 e. The summed E-state index contributed by atoms with van der Waals surface area (Å²) in [5, 5.41) is 0. The number of nitrogens with two attached hydrogens (primary N) is 1. The number of nitrogen functional groups attached to an aromatic ring is 1. The highest BCUT2D eigenvalue weighted by atomic mass is 16.5. The molecule has 2 fully saturated rings. The van der Waals surface area contributed by atoms with Gasteiger partial charge in [-0.3, -0.25) is 4.79 Å². The van der Waals surface area contributed by atoms with Crippen LogP contribution in [0.2, 0.25) is 0 Å². The highest BCUT2D eigenvalue weighted by molar-refractivity contribution is 5.96. The SMILES string of the molecule is COC1CCN(C(=O)c2ccc(N)cc2C2CC2)CC1. The number of anilines is 1. The van der Waals surface area contributed by atoms with Crippen LogP contribution in [0.3, 0.4) is 0 Å². The second kappa shape index (κ2) is 5.44. The van der Waals surface area contributed by atoms with Gasteiger partial charge < -0.3 is 15.4 Å². The molecule has 1 saturated carbocycles. The van der Waals surface area contributed by atoms with Gasteiger partial charge in [0, 0.05) is 31.5 Å². The molecule has 20 heavy (non-hydrogen) atoms. The van der Waals surface area contributed by atoms with Crippen molar-refractivity contribution >= 4 is 11.6 Å². The molecule has 1 aromatic carbocycles. The third-order valence-electron chi connectivity index (χ3n) is 4.39. The van der Waals surface area contributed by atoms with Crippen LogP contribution in [0, 0.1) is 0 Å². The standard InChI is InChI=1S/C16H22N2O2/c1-20-13-6-8-18(9-7-13)16(19)14-5-4-12(17)10-15(14)11-2-3-11/h4-5,10-11,13H,2-3,6-9,17H2,1H3. The van der Waals surface area contributed by atoms with E-state index in [0.29, 0.717) is 12.0 Å². The monoisotopic (exact) mass is 274 g/mol. The molecule has 0 aromatic heterocycles. The van der Waals surface area contributed by atoms with Gasteiger partial charge in [0.15, 0.2) is 0 Å². The number of hydrogen-bond donors (Lipinski definition) is 1. The molecule has 4 heteroatoms. The molecule has 0 bridgehead atoms. The van der Waals surface area contributed by atoms with E-state index in [0.717, 1.165) is 42.7 Å². The lowest BCUT2D eigenvalue weighted by molar-refractivity contribution is 0.0350. The van der Waals surface area contributed by atoms with E-state index in [1.54, 1.807) is 7.11 Å². The van der Waals surface area contributed by atoms with Crippen LogP contribution in [0.5, 0.6) is 0 Å². The summed E-state index contributed by atoms with van der Waals surface area (Å²) in [4.78, 5) is 14.7. The molecular formula is C16H22N2O2. The van der Waals surface area contributed by atoms with E-state index in [2.05, 4.69) is 0 Å². The van der Waals surface area contributed by atoms with Gasteiger partial charge >= 0.3 is 0 Å². The normalized spacial score (nSPS) is 20.1. The average Bonchev–Trinajstić information content (AvgIpc) is 3.31. The minimum atomic E-state index is 0.154. The maximum Gasteiger partial charge on any atom is 0.254 e. The van der Waals surface area contributed by atoms with Crippen molar-refractivity contribution in [1.82, 2.24) is 4.90 Å². The van der Waals surface area contributed by atoms with Gasteiger partial charge in [-0.25, -0.2) is 0 Å². The fraction of sp³-hybridized carbons (Fsp3) is 0.562. The number of carbonyl (C=O) groups excluding carboxylic acids is 1. The lowest BCUT2D eigenvalue weighted by Gasteiger charge is -2.31. The van der Waals surface area contributed by atoms with E-state index >= 15 is 0 Å². The summed E-state index contributed by atoms with van der Waals surface area (Å²) in [6.07, 6.45) is 4.50. The smallest absolute Gasteiger partial charge is 0.254 e. The van der Waals surface area contributed by atoms with Crippen molar-refractivity contribution in [3.05, 3.63) is 29.3 Å². The van der Waals surface area contributed by atoms with Crippen molar-refractivity contribution in [2.24, 2.45) is 0 Å². The van der Waals surface area contributed by atoms with Gasteiger partial charge in [-0.05, 0) is 55.4 Å². The number of nitrogens with zero attached hydrogens (tertiary/aromatic N) is 1. The van der Waals surface area contributed by atoms with Crippen LogP contribution in [0.15, 0.2) is 18.2 Å². The Labute approximate surface area is 119 Å². The lowest BCUT2D eigenvalue weighted by Crippen LogP contribution is -2.40. The molecule has 0 spiro atoms. The summed E-state index contributed by atoms with van der Waals surface area (Å²) >= 11 is 0. The molecule has 1 saturated heterocycles. The zero-order chi connectivity index (χ0) is 14.1. The largest absolute Gasteiger partial charge is 0.399 e. The molecule has 2 N–H and O–H groups in total. The number of hydrogen-bond acceptors (Lipinski definition) is 3. The predicted octanol–water partition coefficient (Wildman–Crippen LogP) is 2.40. The van der Waals surface area contributed by atoms with Gasteiger partial charge in [0.05, 0.1) is 6.10 Å². The van der Waals surface area contributed by atoms with Crippen molar-refractivity contribution in [1.29, 1.82) is 0 Å². The summed E-state index contributed by atoms with van der Waals surface area (Å²) in [6, 6.07) is 5.71. The summed E-state index contributed by atoms with van der Waals surface area (Å²) < 4.78 is 5.36. The molecule has 1 amide bonds. The van der Waals surface area contributed by atoms with E-state index in [4.69, 9.17) is 10.5 Å². The first kappa shape index (κ1) is 13.4. The van der Waals surface area contributed by atoms with E-state index in [-0.39, 0.29) is 5.91 Å². The van der Waals surface area contributed by atoms with Crippen LogP contribution in [0.25, 0.3) is 0 Å². The van der Waals surface area contributed by atoms with Crippen molar-refractivity contribution < 1.29 is 9.53 Å². The first-order valence-corrected chi connectivity index (χ1v) is 7.40. The van der Waals surface area contributed by atoms with Crippen molar-refractivity contribution in [3.63, 3.8) is 0 Å². The zero-order valence-corrected chi connectivity index (χ0v) is 12.0. The third kappa shape index (κ3) is 2.66. The molecular weight excluding hydrogens is 252 g/mol. The first-order valence-electron chi connectivity index (χ1n) is 7.40. The number of likely N-dealkylation sites (tertiary alicyclic amines) is 1. The Morgan fingerprint density at radius 3 is 2.55 bits per heavy atom. The molecule has 108 valence electrons. The Hall–Kier alpha value is -1.55. The number of carbonyl (C=O) groups is 1. The highest BCUT2D eigenvalue weighted by Gasteiger charge is 2.31. The molecule has 2 aliphatic rings. The van der Waals surface area contributed by atoms with Crippen LogP contribution < -0.4 is 5.73 Å². The molecule has 3 rings (SSSR count). The van der Waals surface area contributed by atoms with Gasteiger partial charge in [0.1, 0.15) is 0 Å². The Morgan fingerprint density at radius 1 is 1.25 bits per heavy atom. The van der Waals surface area contributed by atoms with E-state index in [1.807, 2.05) is 23.1 Å². The van der Waals surface area contributed by atoms with Gasteiger partial charge in [0.2, 0.25) is 0 Å². The predicted molar refractivity (Wildman–Crippen MR) is 78.8 cm³/mol. The van der Waals surface area contributed by atoms with Gasteiger partial charge in [-0.1, -0.05) is 0 Å². The highest BCUT2D eigenvalue weighted by Crippen LogP contribution is 2.42. The van der Waals surface area contributed by atoms with E-state index in [1.165, 1.54) is 12.8 Å². The van der Waals surface area contributed by atoms with Crippen molar-refractivity contribution in [2.45, 2.75) is 37.7 Å². The first-order chi connectivity index (χ1) is 9.69. The Balaban J connectivity index is 1.77. The minimum absolute atomic E-state index is 0.154. The van der Waals surface area contributed by atoms with Crippen LogP contribution in [0.1, 0.15) is 47.5 Å². The van der Waals surface area contributed by atoms with Crippen LogP contribution in [0.4, 0.5) is 5.69 Å². The van der Waals surface area contributed by atoms with E-state index in [9.17, 15) is 4.79 Å². The second-order valence-electron chi connectivity index (χ2n) is 5.85. The fourth-order valence-electron chi connectivity index (χ4n) is 2.97. The molecule has 1 aromatic rings.